The molecule has 1 atom stereocenters. The largest absolute Gasteiger partial charge is 0.493 e. The van der Waals surface area contributed by atoms with E-state index >= 15 is 0 Å². The molecule has 5 N–H and O–H groups in total. The van der Waals surface area contributed by atoms with Gasteiger partial charge in [-0.25, -0.2) is 4.79 Å². The van der Waals surface area contributed by atoms with Crippen molar-refractivity contribution in [3.8, 4) is 5.88 Å². The molecule has 2 aromatic rings. The molecule has 0 aliphatic carbocycles. The van der Waals surface area contributed by atoms with E-state index in [1.165, 1.54) is 11.3 Å². The molecule has 1 aliphatic heterocycles. The minimum atomic E-state index is -0.876. The SMILES string of the molecule is Nc1nc(O)c2c(n1)NCC(CCc1ccsc1C(=O)O)C2. The number of carbonyl (C=O) groups is 1. The molecule has 0 saturated heterocycles. The van der Waals surface area contributed by atoms with Crippen LogP contribution in [0.4, 0.5) is 11.8 Å². The number of nitrogens with zero attached hydrogens (tertiary/aromatic N) is 2. The number of aromatic carboxylic acids is 1. The molecule has 0 radical (unpaired) electrons. The fraction of sp³-hybridized carbons (Fsp3) is 0.357. The number of rotatable bonds is 4. The van der Waals surface area contributed by atoms with E-state index in [0.717, 1.165) is 18.5 Å². The van der Waals surface area contributed by atoms with Crippen molar-refractivity contribution in [1.82, 2.24) is 9.97 Å². The maximum atomic E-state index is 11.1. The van der Waals surface area contributed by atoms with Crippen LogP contribution in [-0.4, -0.2) is 32.7 Å². The van der Waals surface area contributed by atoms with E-state index in [4.69, 9.17) is 10.8 Å². The lowest BCUT2D eigenvalue weighted by atomic mass is 9.91. The quantitative estimate of drug-likeness (QED) is 0.677. The van der Waals surface area contributed by atoms with E-state index in [-0.39, 0.29) is 17.7 Å². The van der Waals surface area contributed by atoms with Crippen molar-refractivity contribution in [3.05, 3.63) is 27.5 Å². The average molecular weight is 320 g/mol. The molecule has 1 unspecified atom stereocenters. The third kappa shape index (κ3) is 2.82. The van der Waals surface area contributed by atoms with Gasteiger partial charge in [0, 0.05) is 6.54 Å². The molecular formula is C14H16N4O3S. The Bertz CT molecular complexity index is 716. The predicted molar refractivity (Wildman–Crippen MR) is 83.4 cm³/mol. The minimum Gasteiger partial charge on any atom is -0.493 e. The van der Waals surface area contributed by atoms with Crippen molar-refractivity contribution < 1.29 is 15.0 Å². The number of fused-ring (bicyclic) bond motifs is 1. The molecule has 8 heteroatoms. The highest BCUT2D eigenvalue weighted by Crippen LogP contribution is 2.31. The zero-order valence-electron chi connectivity index (χ0n) is 11.7. The summed E-state index contributed by atoms with van der Waals surface area (Å²) in [6.45, 7) is 0.718. The standard InChI is InChI=1S/C14H16N4O3S/c15-14-17-11-9(12(19)18-14)5-7(6-16-11)1-2-8-3-4-22-10(8)13(20)21/h3-4,7H,1-2,5-6H2,(H,20,21)(H4,15,16,17,18,19). The molecule has 0 amide bonds. The van der Waals surface area contributed by atoms with Crippen LogP contribution in [-0.2, 0) is 12.8 Å². The number of aryl methyl sites for hydroxylation is 1. The fourth-order valence-corrected chi connectivity index (χ4v) is 3.50. The van der Waals surface area contributed by atoms with E-state index in [9.17, 15) is 9.90 Å². The Balaban J connectivity index is 1.68. The van der Waals surface area contributed by atoms with Crippen LogP contribution >= 0.6 is 11.3 Å². The number of aromatic hydroxyl groups is 1. The Hall–Kier alpha value is -2.35. The van der Waals surface area contributed by atoms with Gasteiger partial charge in [-0.3, -0.25) is 0 Å². The summed E-state index contributed by atoms with van der Waals surface area (Å²) in [5.74, 6) is -0.0400. The Kier molecular flexibility index (Phi) is 3.84. The van der Waals surface area contributed by atoms with Crippen LogP contribution in [0.5, 0.6) is 5.88 Å². The van der Waals surface area contributed by atoms with Crippen molar-refractivity contribution in [2.45, 2.75) is 19.3 Å². The Labute approximate surface area is 130 Å². The molecule has 0 fully saturated rings. The zero-order valence-corrected chi connectivity index (χ0v) is 12.6. The second-order valence-electron chi connectivity index (χ2n) is 5.30. The maximum Gasteiger partial charge on any atom is 0.346 e. The minimum absolute atomic E-state index is 0.0478. The molecule has 2 aromatic heterocycles. The van der Waals surface area contributed by atoms with Crippen molar-refractivity contribution in [2.24, 2.45) is 5.92 Å². The van der Waals surface area contributed by atoms with Gasteiger partial charge in [0.15, 0.2) is 0 Å². The Morgan fingerprint density at radius 1 is 1.50 bits per heavy atom. The van der Waals surface area contributed by atoms with Gasteiger partial charge in [-0.15, -0.1) is 11.3 Å². The molecule has 3 heterocycles. The number of nitrogen functional groups attached to an aromatic ring is 1. The molecule has 1 aliphatic rings. The fourth-order valence-electron chi connectivity index (χ4n) is 2.71. The summed E-state index contributed by atoms with van der Waals surface area (Å²) in [4.78, 5) is 19.4. The van der Waals surface area contributed by atoms with Gasteiger partial charge < -0.3 is 21.3 Å². The summed E-state index contributed by atoms with van der Waals surface area (Å²) in [5, 5.41) is 24.0. The Morgan fingerprint density at radius 2 is 2.32 bits per heavy atom. The summed E-state index contributed by atoms with van der Waals surface area (Å²) in [7, 11) is 0. The number of nitrogens with one attached hydrogen (secondary N) is 1. The number of nitrogens with two attached hydrogens (primary N) is 1. The molecule has 0 bridgehead atoms. The Morgan fingerprint density at radius 3 is 3.09 bits per heavy atom. The molecule has 22 heavy (non-hydrogen) atoms. The number of carboxylic acid groups (broad SMARTS) is 1. The number of thiophene rings is 1. The lowest BCUT2D eigenvalue weighted by molar-refractivity contribution is 0.0701. The second-order valence-corrected chi connectivity index (χ2v) is 6.22. The summed E-state index contributed by atoms with van der Waals surface area (Å²) < 4.78 is 0. The van der Waals surface area contributed by atoms with E-state index in [2.05, 4.69) is 15.3 Å². The first-order valence-corrected chi connectivity index (χ1v) is 7.81. The molecule has 0 aromatic carbocycles. The van der Waals surface area contributed by atoms with Gasteiger partial charge in [-0.1, -0.05) is 0 Å². The van der Waals surface area contributed by atoms with Crippen LogP contribution in [0.15, 0.2) is 11.4 Å². The van der Waals surface area contributed by atoms with Crippen molar-refractivity contribution in [1.29, 1.82) is 0 Å². The van der Waals surface area contributed by atoms with Gasteiger partial charge in [-0.2, -0.15) is 9.97 Å². The first-order chi connectivity index (χ1) is 10.5. The number of hydrogen-bond acceptors (Lipinski definition) is 7. The number of aromatic nitrogens is 2. The average Bonchev–Trinajstić information content (AvgIpc) is 2.94. The number of carboxylic acids is 1. The van der Waals surface area contributed by atoms with Crippen LogP contribution in [0.25, 0.3) is 0 Å². The third-order valence-corrected chi connectivity index (χ3v) is 4.76. The zero-order chi connectivity index (χ0) is 15.7. The van der Waals surface area contributed by atoms with E-state index in [1.54, 1.807) is 5.38 Å². The van der Waals surface area contributed by atoms with Gasteiger partial charge in [0.2, 0.25) is 11.8 Å². The normalized spacial score (nSPS) is 16.8. The maximum absolute atomic E-state index is 11.1. The van der Waals surface area contributed by atoms with E-state index < -0.39 is 5.97 Å². The third-order valence-electron chi connectivity index (χ3n) is 3.82. The summed E-state index contributed by atoms with van der Waals surface area (Å²) in [5.41, 5.74) is 7.05. The highest BCUT2D eigenvalue weighted by molar-refractivity contribution is 7.12. The summed E-state index contributed by atoms with van der Waals surface area (Å²) in [6, 6.07) is 1.86. The van der Waals surface area contributed by atoms with Crippen molar-refractivity contribution >= 4 is 29.1 Å². The van der Waals surface area contributed by atoms with Crippen LogP contribution in [0.1, 0.15) is 27.2 Å². The lowest BCUT2D eigenvalue weighted by Gasteiger charge is -2.25. The predicted octanol–water partition coefficient (Wildman–Crippen LogP) is 1.74. The van der Waals surface area contributed by atoms with E-state index in [1.807, 2.05) is 6.07 Å². The highest BCUT2D eigenvalue weighted by Gasteiger charge is 2.24. The summed E-state index contributed by atoms with van der Waals surface area (Å²) >= 11 is 1.25. The number of hydrogen-bond donors (Lipinski definition) is 4. The smallest absolute Gasteiger partial charge is 0.346 e. The van der Waals surface area contributed by atoms with Crippen molar-refractivity contribution in [2.75, 3.05) is 17.6 Å². The molecule has 7 nitrogen and oxygen atoms in total. The van der Waals surface area contributed by atoms with Gasteiger partial charge >= 0.3 is 5.97 Å². The molecule has 3 rings (SSSR count). The molecule has 0 spiro atoms. The lowest BCUT2D eigenvalue weighted by Crippen LogP contribution is -2.25. The van der Waals surface area contributed by atoms with Gasteiger partial charge in [-0.05, 0) is 42.2 Å². The first-order valence-electron chi connectivity index (χ1n) is 6.93. The van der Waals surface area contributed by atoms with Crippen LogP contribution in [0.3, 0.4) is 0 Å². The van der Waals surface area contributed by atoms with Crippen molar-refractivity contribution in [3.63, 3.8) is 0 Å². The molecule has 116 valence electrons. The van der Waals surface area contributed by atoms with Crippen LogP contribution in [0.2, 0.25) is 0 Å². The first kappa shape index (κ1) is 14.6. The molecular weight excluding hydrogens is 304 g/mol. The summed E-state index contributed by atoms with van der Waals surface area (Å²) in [6.07, 6.45) is 2.18. The number of anilines is 2. The topological polar surface area (TPSA) is 121 Å². The second kappa shape index (κ2) is 5.80. The monoisotopic (exact) mass is 320 g/mol. The van der Waals surface area contributed by atoms with E-state index in [0.29, 0.717) is 29.1 Å². The van der Waals surface area contributed by atoms with Gasteiger partial charge in [0.05, 0.1) is 5.56 Å². The van der Waals surface area contributed by atoms with Crippen LogP contribution < -0.4 is 11.1 Å². The highest BCUT2D eigenvalue weighted by atomic mass is 32.1. The van der Waals surface area contributed by atoms with Crippen LogP contribution in [0, 0.1) is 5.92 Å². The van der Waals surface area contributed by atoms with Gasteiger partial charge in [0.25, 0.3) is 0 Å². The molecule has 0 saturated carbocycles. The van der Waals surface area contributed by atoms with Gasteiger partial charge in [0.1, 0.15) is 10.7 Å².